The molecule has 0 bridgehead atoms. The van der Waals surface area contributed by atoms with Crippen LogP contribution in [0.2, 0.25) is 0 Å². The van der Waals surface area contributed by atoms with E-state index >= 15 is 0 Å². The lowest BCUT2D eigenvalue weighted by atomic mass is 10.2. The summed E-state index contributed by atoms with van der Waals surface area (Å²) in [7, 11) is 1.97. The molecular formula is C19H27N7O. The van der Waals surface area contributed by atoms with E-state index in [1.807, 2.05) is 23.8 Å². The quantitative estimate of drug-likeness (QED) is 0.768. The number of anilines is 2. The van der Waals surface area contributed by atoms with Crippen LogP contribution in [-0.2, 0) is 0 Å². The van der Waals surface area contributed by atoms with Gasteiger partial charge in [-0.3, -0.25) is 4.79 Å². The number of aryl methyl sites for hydroxylation is 1. The van der Waals surface area contributed by atoms with E-state index in [4.69, 9.17) is 0 Å². The van der Waals surface area contributed by atoms with Crippen LogP contribution in [0.1, 0.15) is 35.9 Å². The van der Waals surface area contributed by atoms with Crippen molar-refractivity contribution < 1.29 is 4.79 Å². The zero-order valence-electron chi connectivity index (χ0n) is 16.3. The maximum atomic E-state index is 13.0. The van der Waals surface area contributed by atoms with E-state index in [2.05, 4.69) is 31.8 Å². The van der Waals surface area contributed by atoms with Crippen molar-refractivity contribution in [3.05, 3.63) is 35.9 Å². The zero-order valence-corrected chi connectivity index (χ0v) is 16.3. The van der Waals surface area contributed by atoms with Gasteiger partial charge in [0.25, 0.3) is 5.91 Å². The fourth-order valence-corrected chi connectivity index (χ4v) is 3.05. The lowest BCUT2D eigenvalue weighted by Gasteiger charge is -2.34. The number of piperazine rings is 1. The molecule has 27 heavy (non-hydrogen) atoms. The highest BCUT2D eigenvalue weighted by molar-refractivity contribution is 5.92. The van der Waals surface area contributed by atoms with E-state index in [9.17, 15) is 4.79 Å². The molecule has 8 nitrogen and oxygen atoms in total. The molecule has 2 aromatic heterocycles. The molecule has 1 aliphatic heterocycles. The van der Waals surface area contributed by atoms with Crippen LogP contribution in [0.5, 0.6) is 0 Å². The third-order valence-corrected chi connectivity index (χ3v) is 4.65. The molecule has 2 aromatic rings. The fraction of sp³-hybridized carbons (Fsp3) is 0.526. The van der Waals surface area contributed by atoms with Crippen LogP contribution in [0.3, 0.4) is 0 Å². The summed E-state index contributed by atoms with van der Waals surface area (Å²) in [5, 5.41) is 0. The Hall–Kier alpha value is -2.77. The Kier molecular flexibility index (Phi) is 6.16. The van der Waals surface area contributed by atoms with Crippen molar-refractivity contribution in [1.29, 1.82) is 0 Å². The second-order valence-corrected chi connectivity index (χ2v) is 6.80. The summed E-state index contributed by atoms with van der Waals surface area (Å²) in [6.07, 6.45) is 5.65. The molecule has 0 aliphatic carbocycles. The van der Waals surface area contributed by atoms with Gasteiger partial charge in [-0.2, -0.15) is 0 Å². The number of carbonyl (C=O) groups is 1. The van der Waals surface area contributed by atoms with Gasteiger partial charge in [-0.05, 0) is 25.5 Å². The van der Waals surface area contributed by atoms with E-state index in [0.29, 0.717) is 43.8 Å². The van der Waals surface area contributed by atoms with Crippen molar-refractivity contribution in [3.63, 3.8) is 0 Å². The van der Waals surface area contributed by atoms with E-state index in [-0.39, 0.29) is 5.91 Å². The Bertz CT molecular complexity index is 760. The second kappa shape index (κ2) is 8.75. The van der Waals surface area contributed by atoms with Gasteiger partial charge >= 0.3 is 0 Å². The van der Waals surface area contributed by atoms with Gasteiger partial charge in [-0.1, -0.05) is 13.3 Å². The normalized spacial score (nSPS) is 14.3. The summed E-state index contributed by atoms with van der Waals surface area (Å²) in [6.45, 7) is 7.61. The molecule has 1 fully saturated rings. The third-order valence-electron chi connectivity index (χ3n) is 4.65. The predicted molar refractivity (Wildman–Crippen MR) is 105 cm³/mol. The van der Waals surface area contributed by atoms with Crippen molar-refractivity contribution in [1.82, 2.24) is 24.8 Å². The van der Waals surface area contributed by atoms with Crippen molar-refractivity contribution in [2.45, 2.75) is 26.7 Å². The highest BCUT2D eigenvalue weighted by Crippen LogP contribution is 2.15. The highest BCUT2D eigenvalue weighted by Gasteiger charge is 2.25. The number of aromatic nitrogens is 4. The van der Waals surface area contributed by atoms with Crippen LogP contribution in [0.25, 0.3) is 0 Å². The molecule has 1 saturated heterocycles. The lowest BCUT2D eigenvalue weighted by Crippen LogP contribution is -2.49. The minimum absolute atomic E-state index is 0.0423. The van der Waals surface area contributed by atoms with Crippen molar-refractivity contribution in [2.75, 3.05) is 49.6 Å². The highest BCUT2D eigenvalue weighted by atomic mass is 16.2. The number of hydrogen-bond donors (Lipinski definition) is 0. The monoisotopic (exact) mass is 369 g/mol. The number of hydrogen-bond acceptors (Lipinski definition) is 7. The second-order valence-electron chi connectivity index (χ2n) is 6.80. The topological polar surface area (TPSA) is 78.4 Å². The van der Waals surface area contributed by atoms with Gasteiger partial charge in [0, 0.05) is 57.9 Å². The summed E-state index contributed by atoms with van der Waals surface area (Å²) in [6, 6.07) is 3.57. The van der Waals surface area contributed by atoms with Crippen LogP contribution in [-0.4, -0.2) is 70.5 Å². The summed E-state index contributed by atoms with van der Waals surface area (Å²) < 4.78 is 0. The van der Waals surface area contributed by atoms with E-state index in [1.165, 1.54) is 0 Å². The lowest BCUT2D eigenvalue weighted by molar-refractivity contribution is 0.0740. The number of amides is 1. The smallest absolute Gasteiger partial charge is 0.272 e. The molecule has 144 valence electrons. The summed E-state index contributed by atoms with van der Waals surface area (Å²) in [5.41, 5.74) is 1.27. The van der Waals surface area contributed by atoms with Crippen LogP contribution in [0.4, 0.5) is 11.9 Å². The first-order chi connectivity index (χ1) is 13.1. The summed E-state index contributed by atoms with van der Waals surface area (Å²) in [5.74, 6) is 1.28. The molecule has 8 heteroatoms. The average Bonchev–Trinajstić information content (AvgIpc) is 2.71. The Morgan fingerprint density at radius 3 is 2.52 bits per heavy atom. The molecule has 3 heterocycles. The molecule has 1 amide bonds. The number of nitrogens with zero attached hydrogens (tertiary/aromatic N) is 7. The maximum absolute atomic E-state index is 13.0. The van der Waals surface area contributed by atoms with Crippen LogP contribution in [0, 0.1) is 6.92 Å². The molecule has 0 unspecified atom stereocenters. The van der Waals surface area contributed by atoms with Crippen molar-refractivity contribution in [3.8, 4) is 0 Å². The van der Waals surface area contributed by atoms with E-state index in [1.54, 1.807) is 24.5 Å². The fourth-order valence-electron chi connectivity index (χ4n) is 3.05. The van der Waals surface area contributed by atoms with Crippen molar-refractivity contribution in [2.24, 2.45) is 0 Å². The van der Waals surface area contributed by atoms with Gasteiger partial charge in [0.05, 0.1) is 0 Å². The molecule has 0 radical (unpaired) electrons. The largest absolute Gasteiger partial charge is 0.344 e. The molecule has 0 saturated carbocycles. The standard InChI is InChI=1S/C19H27N7O/c1-4-5-9-24(3)19-22-15(2)14-16(23-19)17(27)25-10-12-26(13-11-25)18-20-7-6-8-21-18/h6-8,14H,4-5,9-13H2,1-3H3. The van der Waals surface area contributed by atoms with E-state index in [0.717, 1.165) is 25.1 Å². The summed E-state index contributed by atoms with van der Waals surface area (Å²) >= 11 is 0. The van der Waals surface area contributed by atoms with Crippen LogP contribution < -0.4 is 9.80 Å². The molecule has 0 aromatic carbocycles. The first-order valence-corrected chi connectivity index (χ1v) is 9.46. The molecular weight excluding hydrogens is 342 g/mol. The van der Waals surface area contributed by atoms with Crippen LogP contribution in [0.15, 0.2) is 24.5 Å². The summed E-state index contributed by atoms with van der Waals surface area (Å²) in [4.78, 5) is 36.5. The molecule has 0 atom stereocenters. The van der Waals surface area contributed by atoms with Gasteiger partial charge in [-0.15, -0.1) is 0 Å². The van der Waals surface area contributed by atoms with Crippen molar-refractivity contribution >= 4 is 17.8 Å². The van der Waals surface area contributed by atoms with Crippen LogP contribution >= 0.6 is 0 Å². The minimum Gasteiger partial charge on any atom is -0.344 e. The van der Waals surface area contributed by atoms with Gasteiger partial charge in [0.1, 0.15) is 5.69 Å². The average molecular weight is 369 g/mol. The molecule has 0 N–H and O–H groups in total. The SMILES string of the molecule is CCCCN(C)c1nc(C)cc(C(=O)N2CCN(c3ncccn3)CC2)n1. The van der Waals surface area contributed by atoms with Gasteiger partial charge < -0.3 is 14.7 Å². The molecule has 1 aliphatic rings. The van der Waals surface area contributed by atoms with Gasteiger partial charge in [-0.25, -0.2) is 19.9 Å². The van der Waals surface area contributed by atoms with Gasteiger partial charge in [0.15, 0.2) is 0 Å². The Labute approximate surface area is 160 Å². The Morgan fingerprint density at radius 2 is 1.85 bits per heavy atom. The molecule has 0 spiro atoms. The third kappa shape index (κ3) is 4.69. The Balaban J connectivity index is 1.67. The number of carbonyl (C=O) groups excluding carboxylic acids is 1. The maximum Gasteiger partial charge on any atom is 0.272 e. The first-order valence-electron chi connectivity index (χ1n) is 9.46. The number of unbranched alkanes of at least 4 members (excludes halogenated alkanes) is 1. The van der Waals surface area contributed by atoms with Gasteiger partial charge in [0.2, 0.25) is 11.9 Å². The first kappa shape index (κ1) is 19.0. The number of rotatable bonds is 6. The predicted octanol–water partition coefficient (Wildman–Crippen LogP) is 1.77. The zero-order chi connectivity index (χ0) is 19.2. The minimum atomic E-state index is -0.0423. The van der Waals surface area contributed by atoms with E-state index < -0.39 is 0 Å². The molecule has 3 rings (SSSR count). The Morgan fingerprint density at radius 1 is 1.15 bits per heavy atom.